The van der Waals surface area contributed by atoms with E-state index in [2.05, 4.69) is 28.8 Å². The summed E-state index contributed by atoms with van der Waals surface area (Å²) in [5.74, 6) is 0.959. The van der Waals surface area contributed by atoms with Gasteiger partial charge in [-0.05, 0) is 30.0 Å². The van der Waals surface area contributed by atoms with Crippen molar-refractivity contribution >= 4 is 18.3 Å². The van der Waals surface area contributed by atoms with Crippen molar-refractivity contribution in [1.29, 1.82) is 0 Å². The highest BCUT2D eigenvalue weighted by molar-refractivity contribution is 5.85. The van der Waals surface area contributed by atoms with E-state index in [1.165, 1.54) is 11.1 Å². The van der Waals surface area contributed by atoms with Gasteiger partial charge in [-0.2, -0.15) is 0 Å². The molecule has 0 aliphatic carbocycles. The Morgan fingerprint density at radius 2 is 1.79 bits per heavy atom. The minimum Gasteiger partial charge on any atom is -0.496 e. The van der Waals surface area contributed by atoms with Crippen molar-refractivity contribution in [2.24, 2.45) is 0 Å². The molecule has 0 radical (unpaired) electrons. The number of carbonyl (C=O) groups excluding carboxylic acids is 1. The largest absolute Gasteiger partial charge is 0.496 e. The highest BCUT2D eigenvalue weighted by Crippen LogP contribution is 2.25. The highest BCUT2D eigenvalue weighted by atomic mass is 35.5. The fourth-order valence-corrected chi connectivity index (χ4v) is 3.16. The van der Waals surface area contributed by atoms with Crippen LogP contribution in [0, 0.1) is 0 Å². The molecule has 2 N–H and O–H groups in total. The molecule has 2 atom stereocenters. The molecule has 0 spiro atoms. The molecule has 5 heteroatoms. The summed E-state index contributed by atoms with van der Waals surface area (Å²) in [7, 11) is 1.69. The first-order valence-electron chi connectivity index (χ1n) is 7.97. The van der Waals surface area contributed by atoms with E-state index in [1.54, 1.807) is 7.11 Å². The van der Waals surface area contributed by atoms with Gasteiger partial charge in [0.05, 0.1) is 19.7 Å². The standard InChI is InChI=1S/C19H22N2O2.ClH/c1-23-17-10-6-5-7-14(17)11-12-16-19(20-13-18(22)21-16)15-8-3-2-4-9-15;/h2-10,16,19-20H,11-13H2,1H3,(H,21,22);1H/t16-,19+;/m1./s1. The number of piperazine rings is 1. The molecule has 3 rings (SSSR count). The summed E-state index contributed by atoms with van der Waals surface area (Å²) in [6, 6.07) is 18.5. The van der Waals surface area contributed by atoms with Gasteiger partial charge in [0.15, 0.2) is 0 Å². The van der Waals surface area contributed by atoms with Crippen LogP contribution in [0.1, 0.15) is 23.6 Å². The van der Waals surface area contributed by atoms with Crippen LogP contribution in [0.15, 0.2) is 54.6 Å². The van der Waals surface area contributed by atoms with E-state index in [0.29, 0.717) is 6.54 Å². The smallest absolute Gasteiger partial charge is 0.234 e. The number of hydrogen-bond acceptors (Lipinski definition) is 3. The van der Waals surface area contributed by atoms with Crippen molar-refractivity contribution in [3.8, 4) is 5.75 Å². The zero-order valence-corrected chi connectivity index (χ0v) is 14.5. The Kier molecular flexibility index (Phi) is 6.64. The molecule has 24 heavy (non-hydrogen) atoms. The third-order valence-corrected chi connectivity index (χ3v) is 4.31. The first-order chi connectivity index (χ1) is 11.3. The van der Waals surface area contributed by atoms with E-state index < -0.39 is 0 Å². The number of aryl methyl sites for hydroxylation is 1. The molecule has 0 bridgehead atoms. The SMILES string of the molecule is COc1ccccc1CC[C@H]1NC(=O)CN[C@H]1c1ccccc1.Cl. The number of benzene rings is 2. The van der Waals surface area contributed by atoms with Crippen LogP contribution in [0.25, 0.3) is 0 Å². The summed E-state index contributed by atoms with van der Waals surface area (Å²) in [5.41, 5.74) is 2.37. The molecule has 1 saturated heterocycles. The lowest BCUT2D eigenvalue weighted by atomic mass is 9.92. The average molecular weight is 347 g/mol. The summed E-state index contributed by atoms with van der Waals surface area (Å²) in [6.45, 7) is 0.366. The minimum absolute atomic E-state index is 0. The quantitative estimate of drug-likeness (QED) is 0.875. The maximum Gasteiger partial charge on any atom is 0.234 e. The number of amides is 1. The van der Waals surface area contributed by atoms with E-state index in [-0.39, 0.29) is 30.4 Å². The van der Waals surface area contributed by atoms with Gasteiger partial charge in [0.1, 0.15) is 5.75 Å². The second-order valence-electron chi connectivity index (χ2n) is 5.79. The summed E-state index contributed by atoms with van der Waals surface area (Å²) < 4.78 is 5.41. The first kappa shape index (κ1) is 18.3. The molecule has 1 heterocycles. The lowest BCUT2D eigenvalue weighted by Crippen LogP contribution is -2.54. The van der Waals surface area contributed by atoms with Crippen molar-refractivity contribution in [2.75, 3.05) is 13.7 Å². The van der Waals surface area contributed by atoms with Gasteiger partial charge in [0.2, 0.25) is 5.91 Å². The molecule has 4 nitrogen and oxygen atoms in total. The van der Waals surface area contributed by atoms with Crippen LogP contribution in [-0.4, -0.2) is 25.6 Å². The first-order valence-corrected chi connectivity index (χ1v) is 7.97. The Morgan fingerprint density at radius 3 is 2.54 bits per heavy atom. The maximum absolute atomic E-state index is 11.8. The number of nitrogens with one attached hydrogen (secondary N) is 2. The van der Waals surface area contributed by atoms with Crippen molar-refractivity contribution in [1.82, 2.24) is 10.6 Å². The van der Waals surface area contributed by atoms with E-state index in [0.717, 1.165) is 18.6 Å². The van der Waals surface area contributed by atoms with Gasteiger partial charge in [-0.3, -0.25) is 10.1 Å². The summed E-state index contributed by atoms with van der Waals surface area (Å²) >= 11 is 0. The van der Waals surface area contributed by atoms with Crippen molar-refractivity contribution in [3.63, 3.8) is 0 Å². The topological polar surface area (TPSA) is 50.4 Å². The minimum atomic E-state index is 0. The van der Waals surface area contributed by atoms with Crippen LogP contribution in [0.3, 0.4) is 0 Å². The Balaban J connectivity index is 0.00000208. The molecule has 0 aromatic heterocycles. The van der Waals surface area contributed by atoms with E-state index in [9.17, 15) is 4.79 Å². The Morgan fingerprint density at radius 1 is 1.08 bits per heavy atom. The van der Waals surface area contributed by atoms with E-state index >= 15 is 0 Å². The second kappa shape index (κ2) is 8.71. The Bertz CT molecular complexity index is 663. The van der Waals surface area contributed by atoms with Crippen LogP contribution < -0.4 is 15.4 Å². The zero-order chi connectivity index (χ0) is 16.1. The number of ether oxygens (including phenoxy) is 1. The molecule has 1 aliphatic heterocycles. The third kappa shape index (κ3) is 4.28. The monoisotopic (exact) mass is 346 g/mol. The summed E-state index contributed by atoms with van der Waals surface area (Å²) in [5, 5.41) is 6.49. The van der Waals surface area contributed by atoms with Crippen molar-refractivity contribution in [2.45, 2.75) is 24.9 Å². The lowest BCUT2D eigenvalue weighted by molar-refractivity contribution is -0.123. The molecule has 1 aliphatic rings. The fourth-order valence-electron chi connectivity index (χ4n) is 3.16. The van der Waals surface area contributed by atoms with Gasteiger partial charge in [-0.25, -0.2) is 0 Å². The van der Waals surface area contributed by atoms with Gasteiger partial charge in [0, 0.05) is 6.04 Å². The third-order valence-electron chi connectivity index (χ3n) is 4.31. The molecule has 1 amide bonds. The molecule has 2 aromatic carbocycles. The van der Waals surface area contributed by atoms with Gasteiger partial charge >= 0.3 is 0 Å². The summed E-state index contributed by atoms with van der Waals surface area (Å²) in [6.07, 6.45) is 1.72. The van der Waals surface area contributed by atoms with E-state index in [1.807, 2.05) is 36.4 Å². The number of hydrogen-bond donors (Lipinski definition) is 2. The number of carbonyl (C=O) groups is 1. The molecule has 2 aromatic rings. The average Bonchev–Trinajstić information content (AvgIpc) is 2.61. The highest BCUT2D eigenvalue weighted by Gasteiger charge is 2.29. The number of methoxy groups -OCH3 is 1. The van der Waals surface area contributed by atoms with Gasteiger partial charge < -0.3 is 10.1 Å². The number of halogens is 1. The van der Waals surface area contributed by atoms with Crippen LogP contribution in [0.5, 0.6) is 5.75 Å². The van der Waals surface area contributed by atoms with Crippen LogP contribution in [-0.2, 0) is 11.2 Å². The van der Waals surface area contributed by atoms with Crippen LogP contribution in [0.2, 0.25) is 0 Å². The second-order valence-corrected chi connectivity index (χ2v) is 5.79. The number of rotatable bonds is 5. The van der Waals surface area contributed by atoms with Crippen LogP contribution in [0.4, 0.5) is 0 Å². The van der Waals surface area contributed by atoms with E-state index in [4.69, 9.17) is 4.74 Å². The van der Waals surface area contributed by atoms with Gasteiger partial charge in [-0.15, -0.1) is 12.4 Å². The normalized spacial score (nSPS) is 20.0. The predicted molar refractivity (Wildman–Crippen MR) is 97.7 cm³/mol. The molecular weight excluding hydrogens is 324 g/mol. The van der Waals surface area contributed by atoms with Gasteiger partial charge in [-0.1, -0.05) is 48.5 Å². The number of para-hydroxylation sites is 1. The lowest BCUT2D eigenvalue weighted by Gasteiger charge is -2.34. The van der Waals surface area contributed by atoms with Crippen molar-refractivity contribution < 1.29 is 9.53 Å². The predicted octanol–water partition coefficient (Wildman–Crippen LogP) is 2.88. The van der Waals surface area contributed by atoms with Gasteiger partial charge in [0.25, 0.3) is 0 Å². The molecule has 128 valence electrons. The Labute approximate surface area is 149 Å². The maximum atomic E-state index is 11.8. The Hall–Kier alpha value is -2.04. The molecular formula is C19H23ClN2O2. The molecule has 1 fully saturated rings. The molecule has 0 saturated carbocycles. The summed E-state index contributed by atoms with van der Waals surface area (Å²) in [4.78, 5) is 11.8. The fraction of sp³-hybridized carbons (Fsp3) is 0.316. The zero-order valence-electron chi connectivity index (χ0n) is 13.7. The van der Waals surface area contributed by atoms with Crippen molar-refractivity contribution in [3.05, 3.63) is 65.7 Å². The van der Waals surface area contributed by atoms with Crippen LogP contribution >= 0.6 is 12.4 Å². The molecule has 0 unspecified atom stereocenters.